The fourth-order valence-electron chi connectivity index (χ4n) is 1.50. The summed E-state index contributed by atoms with van der Waals surface area (Å²) in [5, 5.41) is 12.7. The topological polar surface area (TPSA) is 58.6 Å². The summed E-state index contributed by atoms with van der Waals surface area (Å²) in [4.78, 5) is 11.5. The second-order valence-corrected chi connectivity index (χ2v) is 4.59. The molecule has 0 aliphatic heterocycles. The summed E-state index contributed by atoms with van der Waals surface area (Å²) < 4.78 is 4.89. The predicted octanol–water partition coefficient (Wildman–Crippen LogP) is 0.690. The van der Waals surface area contributed by atoms with E-state index in [-0.39, 0.29) is 11.8 Å². The molecule has 0 aromatic heterocycles. The first-order chi connectivity index (χ1) is 7.05. The Hall–Kier alpha value is -0.610. The third-order valence-corrected chi connectivity index (χ3v) is 2.96. The van der Waals surface area contributed by atoms with E-state index in [1.165, 1.54) is 0 Å². The molecule has 1 unspecified atom stereocenters. The maximum Gasteiger partial charge on any atom is 0.223 e. The Bertz CT molecular complexity index is 212. The molecule has 1 amide bonds. The fourth-order valence-corrected chi connectivity index (χ4v) is 1.50. The Morgan fingerprint density at radius 2 is 2.27 bits per heavy atom. The van der Waals surface area contributed by atoms with Crippen molar-refractivity contribution in [1.29, 1.82) is 0 Å². The van der Waals surface area contributed by atoms with Crippen LogP contribution >= 0.6 is 0 Å². The first-order valence-corrected chi connectivity index (χ1v) is 5.54. The molecule has 0 spiro atoms. The summed E-state index contributed by atoms with van der Waals surface area (Å²) in [5.41, 5.74) is -0.866. The number of carbonyl (C=O) groups excluding carboxylic acids is 1. The summed E-state index contributed by atoms with van der Waals surface area (Å²) in [6.07, 6.45) is 3.67. The normalized spacial score (nSPS) is 20.5. The minimum absolute atomic E-state index is 0.0824. The van der Waals surface area contributed by atoms with Crippen LogP contribution in [0.4, 0.5) is 0 Å². The van der Waals surface area contributed by atoms with Crippen LogP contribution in [0.2, 0.25) is 0 Å². The molecule has 0 aromatic rings. The van der Waals surface area contributed by atoms with Crippen molar-refractivity contribution >= 4 is 5.91 Å². The molecule has 1 rings (SSSR count). The van der Waals surface area contributed by atoms with Gasteiger partial charge in [-0.25, -0.2) is 0 Å². The van der Waals surface area contributed by atoms with E-state index in [4.69, 9.17) is 4.74 Å². The smallest absolute Gasteiger partial charge is 0.223 e. The average molecular weight is 215 g/mol. The van der Waals surface area contributed by atoms with Crippen LogP contribution in [-0.2, 0) is 9.53 Å². The number of hydrogen-bond donors (Lipinski definition) is 2. The first-order valence-electron chi connectivity index (χ1n) is 5.54. The molecule has 2 N–H and O–H groups in total. The minimum Gasteiger partial charge on any atom is -0.388 e. The van der Waals surface area contributed by atoms with E-state index in [1.807, 2.05) is 0 Å². The lowest BCUT2D eigenvalue weighted by Gasteiger charge is -2.28. The summed E-state index contributed by atoms with van der Waals surface area (Å²) in [6, 6.07) is 0. The fraction of sp³-hybridized carbons (Fsp3) is 0.909. The van der Waals surface area contributed by atoms with Gasteiger partial charge < -0.3 is 15.2 Å². The summed E-state index contributed by atoms with van der Waals surface area (Å²) in [7, 11) is 1.60. The zero-order valence-electron chi connectivity index (χ0n) is 9.58. The van der Waals surface area contributed by atoms with Crippen molar-refractivity contribution in [2.24, 2.45) is 5.92 Å². The van der Waals surface area contributed by atoms with Crippen molar-refractivity contribution in [3.63, 3.8) is 0 Å². The van der Waals surface area contributed by atoms with Crippen molar-refractivity contribution in [2.75, 3.05) is 20.3 Å². The van der Waals surface area contributed by atoms with Crippen LogP contribution in [0.5, 0.6) is 0 Å². The second-order valence-electron chi connectivity index (χ2n) is 4.59. The van der Waals surface area contributed by atoms with Crippen molar-refractivity contribution in [2.45, 2.75) is 38.2 Å². The number of hydrogen-bond acceptors (Lipinski definition) is 3. The highest BCUT2D eigenvalue weighted by Gasteiger charge is 2.27. The average Bonchev–Trinajstić information content (AvgIpc) is 2.09. The van der Waals surface area contributed by atoms with E-state index in [0.717, 1.165) is 19.3 Å². The Labute approximate surface area is 91.0 Å². The van der Waals surface area contributed by atoms with Crippen LogP contribution in [0, 0.1) is 5.92 Å². The van der Waals surface area contributed by atoms with Crippen molar-refractivity contribution in [3.8, 4) is 0 Å². The van der Waals surface area contributed by atoms with E-state index >= 15 is 0 Å². The Morgan fingerprint density at radius 1 is 1.60 bits per heavy atom. The van der Waals surface area contributed by atoms with E-state index in [9.17, 15) is 9.90 Å². The largest absolute Gasteiger partial charge is 0.388 e. The standard InChI is InChI=1S/C11H21NO3/c1-11(14,6-7-15-2)8-12-10(13)9-4-3-5-9/h9,14H,3-8H2,1-2H3,(H,12,13). The summed E-state index contributed by atoms with van der Waals surface area (Å²) in [6.45, 7) is 2.53. The summed E-state index contributed by atoms with van der Waals surface area (Å²) in [5.74, 6) is 0.266. The molecule has 1 saturated carbocycles. The monoisotopic (exact) mass is 215 g/mol. The number of methoxy groups -OCH3 is 1. The van der Waals surface area contributed by atoms with Gasteiger partial charge in [-0.05, 0) is 19.8 Å². The third-order valence-electron chi connectivity index (χ3n) is 2.96. The highest BCUT2D eigenvalue weighted by atomic mass is 16.5. The van der Waals surface area contributed by atoms with Crippen molar-refractivity contribution in [3.05, 3.63) is 0 Å². The van der Waals surface area contributed by atoms with E-state index < -0.39 is 5.60 Å². The maximum atomic E-state index is 11.5. The maximum absolute atomic E-state index is 11.5. The zero-order chi connectivity index (χ0) is 11.3. The molecule has 4 nitrogen and oxygen atoms in total. The Kier molecular flexibility index (Phi) is 4.54. The molecule has 88 valence electrons. The molecule has 0 aromatic carbocycles. The molecule has 1 fully saturated rings. The van der Waals surface area contributed by atoms with Gasteiger partial charge in [0.1, 0.15) is 0 Å². The summed E-state index contributed by atoms with van der Waals surface area (Å²) >= 11 is 0. The molecular weight excluding hydrogens is 194 g/mol. The zero-order valence-corrected chi connectivity index (χ0v) is 9.58. The van der Waals surface area contributed by atoms with Crippen LogP contribution in [0.1, 0.15) is 32.6 Å². The Balaban J connectivity index is 2.18. The molecular formula is C11H21NO3. The highest BCUT2D eigenvalue weighted by Crippen LogP contribution is 2.26. The van der Waals surface area contributed by atoms with E-state index in [1.54, 1.807) is 14.0 Å². The minimum atomic E-state index is -0.866. The first kappa shape index (κ1) is 12.5. The van der Waals surface area contributed by atoms with Gasteiger partial charge in [0.2, 0.25) is 5.91 Å². The Morgan fingerprint density at radius 3 is 2.73 bits per heavy atom. The van der Waals surface area contributed by atoms with Gasteiger partial charge in [0.15, 0.2) is 0 Å². The molecule has 0 saturated heterocycles. The van der Waals surface area contributed by atoms with Crippen LogP contribution in [0.3, 0.4) is 0 Å². The lowest BCUT2D eigenvalue weighted by Crippen LogP contribution is -2.44. The van der Waals surface area contributed by atoms with Gasteiger partial charge in [0, 0.05) is 32.6 Å². The number of nitrogens with one attached hydrogen (secondary N) is 1. The molecule has 1 atom stereocenters. The van der Waals surface area contributed by atoms with Gasteiger partial charge in [-0.1, -0.05) is 6.42 Å². The quantitative estimate of drug-likeness (QED) is 0.685. The SMILES string of the molecule is COCCC(C)(O)CNC(=O)C1CCC1. The number of aliphatic hydroxyl groups is 1. The number of amides is 1. The van der Waals surface area contributed by atoms with Crippen molar-refractivity contribution in [1.82, 2.24) is 5.32 Å². The predicted molar refractivity (Wildman–Crippen MR) is 57.5 cm³/mol. The number of rotatable bonds is 6. The molecule has 0 radical (unpaired) electrons. The number of ether oxygens (including phenoxy) is 1. The molecule has 0 heterocycles. The molecule has 0 bridgehead atoms. The molecule has 1 aliphatic carbocycles. The lowest BCUT2D eigenvalue weighted by molar-refractivity contribution is -0.128. The highest BCUT2D eigenvalue weighted by molar-refractivity contribution is 5.79. The van der Waals surface area contributed by atoms with Gasteiger partial charge in [-0.3, -0.25) is 4.79 Å². The third kappa shape index (κ3) is 4.18. The molecule has 15 heavy (non-hydrogen) atoms. The van der Waals surface area contributed by atoms with Crippen LogP contribution in [-0.4, -0.2) is 36.9 Å². The van der Waals surface area contributed by atoms with Crippen molar-refractivity contribution < 1.29 is 14.6 Å². The van der Waals surface area contributed by atoms with Crippen LogP contribution < -0.4 is 5.32 Å². The van der Waals surface area contributed by atoms with Gasteiger partial charge in [0.05, 0.1) is 5.60 Å². The molecule has 4 heteroatoms. The number of carbonyl (C=O) groups is 1. The second kappa shape index (κ2) is 5.47. The van der Waals surface area contributed by atoms with Crippen LogP contribution in [0.25, 0.3) is 0 Å². The van der Waals surface area contributed by atoms with E-state index in [2.05, 4.69) is 5.32 Å². The van der Waals surface area contributed by atoms with Crippen LogP contribution in [0.15, 0.2) is 0 Å². The van der Waals surface area contributed by atoms with Gasteiger partial charge >= 0.3 is 0 Å². The lowest BCUT2D eigenvalue weighted by atomic mass is 9.84. The van der Waals surface area contributed by atoms with E-state index in [0.29, 0.717) is 19.6 Å². The van der Waals surface area contributed by atoms with Gasteiger partial charge in [-0.15, -0.1) is 0 Å². The van der Waals surface area contributed by atoms with Gasteiger partial charge in [-0.2, -0.15) is 0 Å². The van der Waals surface area contributed by atoms with Gasteiger partial charge in [0.25, 0.3) is 0 Å². The molecule has 1 aliphatic rings.